The van der Waals surface area contributed by atoms with Gasteiger partial charge in [0.05, 0.1) is 10.6 Å². The first-order valence-corrected chi connectivity index (χ1v) is 9.33. The predicted molar refractivity (Wildman–Crippen MR) is 100 cm³/mol. The molecule has 0 saturated heterocycles. The molecule has 2 N–H and O–H groups in total. The maximum absolute atomic E-state index is 12.8. The molecule has 1 amide bonds. The molecule has 132 valence electrons. The van der Waals surface area contributed by atoms with Crippen LogP contribution in [0.3, 0.4) is 0 Å². The van der Waals surface area contributed by atoms with Crippen LogP contribution in [0.25, 0.3) is 0 Å². The Hall–Kier alpha value is -2.60. The van der Waals surface area contributed by atoms with Crippen molar-refractivity contribution in [2.75, 3.05) is 11.3 Å². The number of aryl methyl sites for hydroxylation is 2. The lowest BCUT2D eigenvalue weighted by molar-refractivity contribution is 0.0958. The molecule has 2 rings (SSSR count). The zero-order chi connectivity index (χ0) is 18.6. The summed E-state index contributed by atoms with van der Waals surface area (Å²) in [4.78, 5) is 12.2. The Balaban J connectivity index is 2.40. The van der Waals surface area contributed by atoms with Crippen molar-refractivity contribution in [2.24, 2.45) is 0 Å². The van der Waals surface area contributed by atoms with Crippen molar-refractivity contribution in [1.29, 1.82) is 0 Å². The zero-order valence-electron chi connectivity index (χ0n) is 14.6. The van der Waals surface area contributed by atoms with Gasteiger partial charge in [0.15, 0.2) is 0 Å². The lowest BCUT2D eigenvalue weighted by Gasteiger charge is -2.14. The number of amides is 1. The van der Waals surface area contributed by atoms with Crippen LogP contribution in [0, 0.1) is 20.8 Å². The molecule has 0 aliphatic rings. The first kappa shape index (κ1) is 18.7. The van der Waals surface area contributed by atoms with Crippen molar-refractivity contribution in [3.63, 3.8) is 0 Å². The Morgan fingerprint density at radius 1 is 1.12 bits per heavy atom. The molecule has 0 aromatic heterocycles. The molecule has 0 saturated carbocycles. The smallest absolute Gasteiger partial charge is 0.262 e. The molecule has 0 atom stereocenters. The summed E-state index contributed by atoms with van der Waals surface area (Å²) in [5.74, 6) is -0.344. The van der Waals surface area contributed by atoms with E-state index in [2.05, 4.69) is 16.6 Å². The maximum atomic E-state index is 12.8. The maximum Gasteiger partial charge on any atom is 0.262 e. The molecule has 0 spiro atoms. The highest BCUT2D eigenvalue weighted by Gasteiger charge is 2.20. The second-order valence-corrected chi connectivity index (χ2v) is 7.48. The molecule has 0 heterocycles. The number of hydrogen-bond acceptors (Lipinski definition) is 3. The number of hydrogen-bond donors (Lipinski definition) is 2. The molecule has 0 bridgehead atoms. The fourth-order valence-corrected chi connectivity index (χ4v) is 3.75. The number of sulfonamides is 1. The minimum absolute atomic E-state index is 0.0830. The van der Waals surface area contributed by atoms with Crippen LogP contribution in [0.5, 0.6) is 0 Å². The van der Waals surface area contributed by atoms with Crippen molar-refractivity contribution >= 4 is 21.6 Å². The summed E-state index contributed by atoms with van der Waals surface area (Å²) in [6.07, 6.45) is 1.56. The molecule has 0 aliphatic carbocycles. The zero-order valence-corrected chi connectivity index (χ0v) is 15.4. The minimum Gasteiger partial charge on any atom is -0.349 e. The van der Waals surface area contributed by atoms with Crippen LogP contribution >= 0.6 is 0 Å². The summed E-state index contributed by atoms with van der Waals surface area (Å²) in [5, 5.41) is 2.64. The second kappa shape index (κ2) is 7.53. The normalized spacial score (nSPS) is 11.0. The molecular formula is C19H22N2O3S. The predicted octanol–water partition coefficient (Wildman–Crippen LogP) is 3.33. The van der Waals surface area contributed by atoms with Crippen molar-refractivity contribution in [3.8, 4) is 0 Å². The van der Waals surface area contributed by atoms with E-state index in [1.807, 2.05) is 19.9 Å². The van der Waals surface area contributed by atoms with Gasteiger partial charge in [0.2, 0.25) is 0 Å². The highest BCUT2D eigenvalue weighted by molar-refractivity contribution is 7.92. The Bertz CT molecular complexity index is 918. The average Bonchev–Trinajstić information content (AvgIpc) is 2.57. The number of carbonyl (C=O) groups excluding carboxylic acids is 1. The van der Waals surface area contributed by atoms with E-state index in [4.69, 9.17) is 0 Å². The van der Waals surface area contributed by atoms with Crippen molar-refractivity contribution < 1.29 is 13.2 Å². The molecule has 25 heavy (non-hydrogen) atoms. The van der Waals surface area contributed by atoms with E-state index >= 15 is 0 Å². The van der Waals surface area contributed by atoms with Gasteiger partial charge >= 0.3 is 0 Å². The number of carbonyl (C=O) groups is 1. The van der Waals surface area contributed by atoms with Crippen LogP contribution in [0.15, 0.2) is 53.9 Å². The first-order chi connectivity index (χ1) is 11.8. The van der Waals surface area contributed by atoms with Gasteiger partial charge in [-0.2, -0.15) is 0 Å². The van der Waals surface area contributed by atoms with Gasteiger partial charge in [-0.3, -0.25) is 9.52 Å². The van der Waals surface area contributed by atoms with E-state index < -0.39 is 10.0 Å². The highest BCUT2D eigenvalue weighted by atomic mass is 32.2. The van der Waals surface area contributed by atoms with Crippen molar-refractivity contribution in [1.82, 2.24) is 5.32 Å². The van der Waals surface area contributed by atoms with E-state index in [0.717, 1.165) is 11.1 Å². The van der Waals surface area contributed by atoms with E-state index in [-0.39, 0.29) is 16.4 Å². The minimum atomic E-state index is -3.81. The molecule has 2 aromatic carbocycles. The van der Waals surface area contributed by atoms with Gasteiger partial charge in [0.25, 0.3) is 15.9 Å². The molecule has 2 aromatic rings. The molecule has 0 fully saturated rings. The first-order valence-electron chi connectivity index (χ1n) is 7.85. The second-order valence-electron chi connectivity index (χ2n) is 5.83. The quantitative estimate of drug-likeness (QED) is 0.778. The number of benzene rings is 2. The summed E-state index contributed by atoms with van der Waals surface area (Å²) in [7, 11) is -3.81. The molecule has 0 radical (unpaired) electrons. The lowest BCUT2D eigenvalue weighted by Crippen LogP contribution is -2.24. The van der Waals surface area contributed by atoms with Gasteiger partial charge in [-0.1, -0.05) is 24.3 Å². The summed E-state index contributed by atoms with van der Waals surface area (Å²) in [6.45, 7) is 9.33. The molecule has 6 heteroatoms. The molecular weight excluding hydrogens is 336 g/mol. The third kappa shape index (κ3) is 4.28. The van der Waals surface area contributed by atoms with E-state index in [1.54, 1.807) is 37.3 Å². The van der Waals surface area contributed by atoms with Crippen LogP contribution in [0.1, 0.15) is 27.0 Å². The Labute approximate surface area is 148 Å². The Kier molecular flexibility index (Phi) is 5.64. The fraction of sp³-hybridized carbons (Fsp3) is 0.211. The van der Waals surface area contributed by atoms with Crippen LogP contribution in [-0.2, 0) is 10.0 Å². The average molecular weight is 358 g/mol. The van der Waals surface area contributed by atoms with Gasteiger partial charge in [-0.05, 0) is 55.7 Å². The lowest BCUT2D eigenvalue weighted by atomic mass is 10.1. The molecule has 5 nitrogen and oxygen atoms in total. The highest BCUT2D eigenvalue weighted by Crippen LogP contribution is 2.24. The van der Waals surface area contributed by atoms with Crippen LogP contribution in [0.2, 0.25) is 0 Å². The van der Waals surface area contributed by atoms with Gasteiger partial charge in [0.1, 0.15) is 0 Å². The van der Waals surface area contributed by atoms with Crippen LogP contribution < -0.4 is 10.0 Å². The number of anilines is 1. The SMILES string of the molecule is C=CCNC(=O)c1ccc(C)c(S(=O)(=O)Nc2cccc(C)c2C)c1. The van der Waals surface area contributed by atoms with Crippen LogP contribution in [0.4, 0.5) is 5.69 Å². The third-order valence-electron chi connectivity index (χ3n) is 4.00. The van der Waals surface area contributed by atoms with Crippen LogP contribution in [-0.4, -0.2) is 20.9 Å². The monoisotopic (exact) mass is 358 g/mol. The van der Waals surface area contributed by atoms with Gasteiger partial charge in [0, 0.05) is 12.1 Å². The van der Waals surface area contributed by atoms with E-state index in [1.165, 1.54) is 6.07 Å². The largest absolute Gasteiger partial charge is 0.349 e. The van der Waals surface area contributed by atoms with Gasteiger partial charge in [-0.25, -0.2) is 8.42 Å². The Morgan fingerprint density at radius 3 is 2.52 bits per heavy atom. The standard InChI is InChI=1S/C19H22N2O3S/c1-5-11-20-19(22)16-10-9-14(3)18(12-16)25(23,24)21-17-8-6-7-13(2)15(17)4/h5-10,12,21H,1,11H2,2-4H3,(H,20,22). The van der Waals surface area contributed by atoms with Gasteiger partial charge < -0.3 is 5.32 Å². The van der Waals surface area contributed by atoms with Crippen molar-refractivity contribution in [3.05, 3.63) is 71.3 Å². The molecule has 0 unspecified atom stereocenters. The fourth-order valence-electron chi connectivity index (χ4n) is 2.36. The van der Waals surface area contributed by atoms with E-state index in [9.17, 15) is 13.2 Å². The van der Waals surface area contributed by atoms with E-state index in [0.29, 0.717) is 17.8 Å². The van der Waals surface area contributed by atoms with Gasteiger partial charge in [-0.15, -0.1) is 6.58 Å². The molecule has 0 aliphatic heterocycles. The summed E-state index contributed by atoms with van der Waals surface area (Å²) in [6, 6.07) is 10.1. The topological polar surface area (TPSA) is 75.3 Å². The third-order valence-corrected chi connectivity index (χ3v) is 5.50. The Morgan fingerprint density at radius 2 is 1.84 bits per heavy atom. The number of rotatable bonds is 6. The van der Waals surface area contributed by atoms with Crippen molar-refractivity contribution in [2.45, 2.75) is 25.7 Å². The number of nitrogens with one attached hydrogen (secondary N) is 2. The summed E-state index contributed by atoms with van der Waals surface area (Å²) in [5.41, 5.74) is 3.24. The summed E-state index contributed by atoms with van der Waals surface area (Å²) < 4.78 is 28.2. The summed E-state index contributed by atoms with van der Waals surface area (Å²) >= 11 is 0.